The molecule has 0 aliphatic carbocycles. The van der Waals surface area contributed by atoms with Gasteiger partial charge in [0.15, 0.2) is 11.5 Å². The van der Waals surface area contributed by atoms with Crippen molar-refractivity contribution in [2.45, 2.75) is 31.9 Å². The van der Waals surface area contributed by atoms with Gasteiger partial charge >= 0.3 is 0 Å². The molecular weight excluding hydrogens is 396 g/mol. The Kier molecular flexibility index (Phi) is 5.03. The number of para-hydroxylation sites is 1. The predicted octanol–water partition coefficient (Wildman–Crippen LogP) is 3.17. The molecule has 8 heteroatoms. The van der Waals surface area contributed by atoms with E-state index in [1.807, 2.05) is 61.7 Å². The predicted molar refractivity (Wildman–Crippen MR) is 113 cm³/mol. The van der Waals surface area contributed by atoms with Crippen LogP contribution in [-0.2, 0) is 16.1 Å². The Balaban J connectivity index is 1.16. The Morgan fingerprint density at radius 2 is 2.03 bits per heavy atom. The zero-order chi connectivity index (χ0) is 21.2. The van der Waals surface area contributed by atoms with Crippen molar-refractivity contribution >= 4 is 11.6 Å². The van der Waals surface area contributed by atoms with Gasteiger partial charge in [0.05, 0.1) is 23.6 Å². The third-order valence-corrected chi connectivity index (χ3v) is 5.35. The number of fused-ring (bicyclic) bond motifs is 1. The molecule has 2 aliphatic rings. The van der Waals surface area contributed by atoms with Gasteiger partial charge in [0.25, 0.3) is 5.91 Å². The van der Waals surface area contributed by atoms with E-state index < -0.39 is 6.10 Å². The third-order valence-electron chi connectivity index (χ3n) is 5.35. The molecular formula is C23H22N4O4. The summed E-state index contributed by atoms with van der Waals surface area (Å²) >= 11 is 0. The topological polar surface area (TPSA) is 87.0 Å². The fourth-order valence-electron chi connectivity index (χ4n) is 3.63. The molecule has 1 amide bonds. The molecule has 0 saturated heterocycles. The van der Waals surface area contributed by atoms with Crippen LogP contribution in [0.3, 0.4) is 0 Å². The second-order valence-electron chi connectivity index (χ2n) is 7.60. The van der Waals surface area contributed by atoms with Crippen LogP contribution in [0.2, 0.25) is 0 Å². The van der Waals surface area contributed by atoms with Crippen LogP contribution in [0.15, 0.2) is 66.1 Å². The number of oxime groups is 1. The van der Waals surface area contributed by atoms with Crippen LogP contribution in [-0.4, -0.2) is 34.3 Å². The molecule has 0 fully saturated rings. The zero-order valence-corrected chi connectivity index (χ0v) is 17.0. The van der Waals surface area contributed by atoms with E-state index in [-0.39, 0.29) is 18.7 Å². The lowest BCUT2D eigenvalue weighted by molar-refractivity contribution is -0.131. The van der Waals surface area contributed by atoms with Gasteiger partial charge in [-0.05, 0) is 36.8 Å². The lowest BCUT2D eigenvalue weighted by Crippen LogP contribution is -2.36. The van der Waals surface area contributed by atoms with Crippen LogP contribution in [0.4, 0.5) is 0 Å². The fourth-order valence-corrected chi connectivity index (χ4v) is 3.63. The summed E-state index contributed by atoms with van der Waals surface area (Å²) in [5, 5.41) is 11.5. The first-order chi connectivity index (χ1) is 15.2. The van der Waals surface area contributed by atoms with Crippen LogP contribution in [0, 0.1) is 0 Å². The van der Waals surface area contributed by atoms with Gasteiger partial charge in [0, 0.05) is 24.6 Å². The summed E-state index contributed by atoms with van der Waals surface area (Å²) in [7, 11) is 0. The minimum Gasteiger partial charge on any atom is -0.454 e. The molecule has 0 spiro atoms. The first kappa shape index (κ1) is 19.2. The molecule has 5 rings (SSSR count). The number of nitrogens with one attached hydrogen (secondary N) is 1. The van der Waals surface area contributed by atoms with Gasteiger partial charge in [-0.2, -0.15) is 5.10 Å². The second-order valence-corrected chi connectivity index (χ2v) is 7.60. The highest BCUT2D eigenvalue weighted by atomic mass is 16.7. The van der Waals surface area contributed by atoms with Gasteiger partial charge in [0.2, 0.25) is 12.9 Å². The number of benzene rings is 2. The minimum absolute atomic E-state index is 0.190. The molecule has 1 aromatic heterocycles. The van der Waals surface area contributed by atoms with E-state index in [1.54, 1.807) is 10.9 Å². The summed E-state index contributed by atoms with van der Waals surface area (Å²) in [6.07, 6.45) is 4.10. The van der Waals surface area contributed by atoms with Crippen LogP contribution in [0.25, 0.3) is 5.69 Å². The normalized spacial score (nSPS) is 17.7. The Labute approximate surface area is 179 Å². The number of carbonyl (C=O) groups excluding carboxylic acids is 1. The summed E-state index contributed by atoms with van der Waals surface area (Å²) < 4.78 is 12.5. The Morgan fingerprint density at radius 3 is 2.90 bits per heavy atom. The summed E-state index contributed by atoms with van der Waals surface area (Å²) in [5.74, 6) is 1.29. The maximum absolute atomic E-state index is 12.7. The minimum atomic E-state index is -0.629. The Bertz CT molecular complexity index is 1130. The van der Waals surface area contributed by atoms with Crippen molar-refractivity contribution in [3.63, 3.8) is 0 Å². The molecule has 3 heterocycles. The number of nitrogens with zero attached hydrogens (tertiary/aromatic N) is 3. The number of hydrogen-bond donors (Lipinski definition) is 1. The highest BCUT2D eigenvalue weighted by Crippen LogP contribution is 2.33. The average Bonchev–Trinajstić information content (AvgIpc) is 3.54. The molecule has 1 N–H and O–H groups in total. The average molecular weight is 418 g/mol. The van der Waals surface area contributed by atoms with Gasteiger partial charge in [0.1, 0.15) is 0 Å². The van der Waals surface area contributed by atoms with Crippen LogP contribution in [0.5, 0.6) is 11.5 Å². The van der Waals surface area contributed by atoms with E-state index >= 15 is 0 Å². The smallest absolute Gasteiger partial charge is 0.264 e. The van der Waals surface area contributed by atoms with E-state index in [1.165, 1.54) is 0 Å². The molecule has 2 aromatic carbocycles. The molecule has 0 radical (unpaired) electrons. The summed E-state index contributed by atoms with van der Waals surface area (Å²) in [5.41, 5.74) is 3.74. The van der Waals surface area contributed by atoms with Crippen LogP contribution >= 0.6 is 0 Å². The molecule has 158 valence electrons. The maximum Gasteiger partial charge on any atom is 0.264 e. The number of aromatic nitrogens is 2. The van der Waals surface area contributed by atoms with E-state index in [9.17, 15) is 4.79 Å². The van der Waals surface area contributed by atoms with Crippen molar-refractivity contribution in [3.8, 4) is 17.2 Å². The van der Waals surface area contributed by atoms with Crippen molar-refractivity contribution in [2.75, 3.05) is 6.79 Å². The molecule has 0 bridgehead atoms. The second kappa shape index (κ2) is 8.14. The fraction of sp³-hybridized carbons (Fsp3) is 0.261. The number of carbonyl (C=O) groups is 1. The Hall–Kier alpha value is -3.81. The zero-order valence-electron chi connectivity index (χ0n) is 17.0. The standard InChI is InChI=1S/C23H22N4O4/c1-15(17-12-24-27(13-17)19-5-3-2-4-6-19)25-23(28)22-11-18(26-31-22)9-16-7-8-20-21(10-16)30-14-29-20/h2-8,10,12-13,15,22H,9,11,14H2,1H3,(H,25,28)/t15-,22-/m1/s1. The summed E-state index contributed by atoms with van der Waals surface area (Å²) in [4.78, 5) is 18.1. The molecule has 2 aliphatic heterocycles. The highest BCUT2D eigenvalue weighted by Gasteiger charge is 2.29. The van der Waals surface area contributed by atoms with Gasteiger partial charge < -0.3 is 19.6 Å². The van der Waals surface area contributed by atoms with Crippen LogP contribution in [0.1, 0.15) is 30.5 Å². The van der Waals surface area contributed by atoms with Crippen molar-refractivity contribution in [1.82, 2.24) is 15.1 Å². The van der Waals surface area contributed by atoms with E-state index in [0.717, 1.165) is 34.0 Å². The third kappa shape index (κ3) is 4.09. The Morgan fingerprint density at radius 1 is 1.19 bits per heavy atom. The first-order valence-electron chi connectivity index (χ1n) is 10.2. The molecule has 31 heavy (non-hydrogen) atoms. The number of rotatable bonds is 6. The number of amides is 1. The van der Waals surface area contributed by atoms with E-state index in [2.05, 4.69) is 15.6 Å². The van der Waals surface area contributed by atoms with Gasteiger partial charge in [-0.1, -0.05) is 29.4 Å². The van der Waals surface area contributed by atoms with Crippen molar-refractivity contribution in [2.24, 2.45) is 5.16 Å². The largest absolute Gasteiger partial charge is 0.454 e. The number of hydrogen-bond acceptors (Lipinski definition) is 6. The van der Waals surface area contributed by atoms with Crippen molar-refractivity contribution < 1.29 is 19.1 Å². The molecule has 0 saturated carbocycles. The quantitative estimate of drug-likeness (QED) is 0.665. The molecule has 8 nitrogen and oxygen atoms in total. The lowest BCUT2D eigenvalue weighted by Gasteiger charge is -2.14. The molecule has 3 aromatic rings. The summed E-state index contributed by atoms with van der Waals surface area (Å²) in [6.45, 7) is 2.17. The van der Waals surface area contributed by atoms with Gasteiger partial charge in [-0.25, -0.2) is 4.68 Å². The summed E-state index contributed by atoms with van der Waals surface area (Å²) in [6, 6.07) is 15.4. The van der Waals surface area contributed by atoms with Crippen molar-refractivity contribution in [3.05, 3.63) is 72.1 Å². The lowest BCUT2D eigenvalue weighted by atomic mass is 10.0. The van der Waals surface area contributed by atoms with E-state index in [4.69, 9.17) is 14.3 Å². The number of ether oxygens (including phenoxy) is 2. The van der Waals surface area contributed by atoms with Crippen molar-refractivity contribution in [1.29, 1.82) is 0 Å². The first-order valence-corrected chi connectivity index (χ1v) is 10.2. The van der Waals surface area contributed by atoms with Gasteiger partial charge in [-0.3, -0.25) is 4.79 Å². The highest BCUT2D eigenvalue weighted by molar-refractivity contribution is 5.94. The van der Waals surface area contributed by atoms with Crippen LogP contribution < -0.4 is 14.8 Å². The molecule has 0 unspecified atom stereocenters. The van der Waals surface area contributed by atoms with E-state index in [0.29, 0.717) is 12.8 Å². The monoisotopic (exact) mass is 418 g/mol. The van der Waals surface area contributed by atoms with Gasteiger partial charge in [-0.15, -0.1) is 0 Å². The molecule has 2 atom stereocenters. The SMILES string of the molecule is C[C@@H](NC(=O)[C@H]1CC(Cc2ccc3c(c2)OCO3)=NO1)c1cnn(-c2ccccc2)c1. The maximum atomic E-state index is 12.7.